The molecule has 1 atom stereocenters. The molecule has 0 saturated carbocycles. The van der Waals surface area contributed by atoms with Crippen molar-refractivity contribution >= 4 is 33.5 Å². The van der Waals surface area contributed by atoms with E-state index in [1.807, 2.05) is 0 Å². The van der Waals surface area contributed by atoms with Crippen molar-refractivity contribution in [2.24, 2.45) is 0 Å². The van der Waals surface area contributed by atoms with E-state index in [-0.39, 0.29) is 47.6 Å². The fraction of sp³-hybridized carbons (Fsp3) is 0.467. The molecule has 1 aliphatic heterocycles. The van der Waals surface area contributed by atoms with Gasteiger partial charge in [-0.2, -0.15) is 4.31 Å². The van der Waals surface area contributed by atoms with E-state index >= 15 is 0 Å². The molecule has 1 amide bonds. The fourth-order valence-electron chi connectivity index (χ4n) is 2.48. The molecule has 1 heterocycles. The number of carboxylic acid groups (broad SMARTS) is 1. The quantitative estimate of drug-likeness (QED) is 0.771. The third-order valence-electron chi connectivity index (χ3n) is 3.77. The third kappa shape index (κ3) is 4.49. The van der Waals surface area contributed by atoms with Gasteiger partial charge >= 0.3 is 5.97 Å². The topological polar surface area (TPSA) is 113 Å². The smallest absolute Gasteiger partial charge is 0.335 e. The molecule has 0 aliphatic carbocycles. The number of rotatable bonds is 5. The number of nitrogens with one attached hydrogen (secondary N) is 1. The minimum absolute atomic E-state index is 0.00472. The molecule has 8 nitrogen and oxygen atoms in total. The van der Waals surface area contributed by atoms with E-state index in [0.717, 1.165) is 6.07 Å². The summed E-state index contributed by atoms with van der Waals surface area (Å²) >= 11 is 6.13. The minimum Gasteiger partial charge on any atom is -0.478 e. The number of hydrogen-bond acceptors (Lipinski definition) is 5. The van der Waals surface area contributed by atoms with E-state index in [1.54, 1.807) is 6.92 Å². The van der Waals surface area contributed by atoms with Crippen molar-refractivity contribution in [1.29, 1.82) is 0 Å². The summed E-state index contributed by atoms with van der Waals surface area (Å²) in [6.07, 6.45) is -0.491. The van der Waals surface area contributed by atoms with Crippen LogP contribution in [0.25, 0.3) is 0 Å². The largest absolute Gasteiger partial charge is 0.478 e. The number of amides is 1. The van der Waals surface area contributed by atoms with Crippen LogP contribution in [0.15, 0.2) is 17.0 Å². The highest BCUT2D eigenvalue weighted by Gasteiger charge is 2.33. The second-order valence-corrected chi connectivity index (χ2v) is 7.99. The van der Waals surface area contributed by atoms with Gasteiger partial charge in [0, 0.05) is 26.6 Å². The molecule has 1 aromatic rings. The van der Waals surface area contributed by atoms with Gasteiger partial charge in [-0.25, -0.2) is 13.2 Å². The van der Waals surface area contributed by atoms with E-state index in [1.165, 1.54) is 17.3 Å². The number of halogens is 1. The van der Waals surface area contributed by atoms with E-state index in [4.69, 9.17) is 21.4 Å². The number of carbonyl (C=O) groups excluding carboxylic acids is 1. The zero-order chi connectivity index (χ0) is 18.8. The molecule has 25 heavy (non-hydrogen) atoms. The average Bonchev–Trinajstić information content (AvgIpc) is 2.55. The van der Waals surface area contributed by atoms with Crippen molar-refractivity contribution in [2.75, 3.05) is 26.2 Å². The Kier molecular flexibility index (Phi) is 6.04. The summed E-state index contributed by atoms with van der Waals surface area (Å²) < 4.78 is 32.5. The Morgan fingerprint density at radius 3 is 2.72 bits per heavy atom. The highest BCUT2D eigenvalue weighted by atomic mass is 35.5. The van der Waals surface area contributed by atoms with Gasteiger partial charge in [-0.1, -0.05) is 11.6 Å². The lowest BCUT2D eigenvalue weighted by molar-refractivity contribution is -0.119. The summed E-state index contributed by atoms with van der Waals surface area (Å²) in [5, 5.41) is 11.7. The lowest BCUT2D eigenvalue weighted by Gasteiger charge is -2.32. The highest BCUT2D eigenvalue weighted by Crippen LogP contribution is 2.30. The number of morpholine rings is 1. The lowest BCUT2D eigenvalue weighted by atomic mass is 10.1. The number of carboxylic acids is 1. The molecule has 0 aromatic heterocycles. The molecule has 1 aliphatic rings. The molecular formula is C15H19ClN2O6S. The summed E-state index contributed by atoms with van der Waals surface area (Å²) in [7, 11) is -4.00. The summed E-state index contributed by atoms with van der Waals surface area (Å²) in [5.41, 5.74) is 0.215. The normalized spacial score (nSPS) is 18.8. The Bertz CT molecular complexity index is 795. The zero-order valence-electron chi connectivity index (χ0n) is 13.8. The van der Waals surface area contributed by atoms with Crippen LogP contribution in [0, 0.1) is 6.92 Å². The molecule has 10 heteroatoms. The van der Waals surface area contributed by atoms with Gasteiger partial charge in [-0.05, 0) is 24.6 Å². The predicted octanol–water partition coefficient (Wildman–Crippen LogP) is 0.872. The van der Waals surface area contributed by atoms with E-state index < -0.39 is 22.1 Å². The molecule has 138 valence electrons. The Morgan fingerprint density at radius 1 is 1.44 bits per heavy atom. The standard InChI is InChI=1S/C15H19ClN2O6S/c1-9-5-11(15(20)21)6-13(14(9)16)25(22,23)18-3-4-24-12(8-18)7-17-10(2)19/h5-6,12H,3-4,7-8H2,1-2H3,(H,17,19)(H,20,21). The van der Waals surface area contributed by atoms with E-state index in [0.29, 0.717) is 5.56 Å². The molecule has 1 unspecified atom stereocenters. The SMILES string of the molecule is CC(=O)NCC1CN(S(=O)(=O)c2cc(C(=O)O)cc(C)c2Cl)CCO1. The second-order valence-electron chi connectivity index (χ2n) is 5.70. The van der Waals surface area contributed by atoms with Crippen LogP contribution in [0.1, 0.15) is 22.8 Å². The number of sulfonamides is 1. The van der Waals surface area contributed by atoms with Crippen LogP contribution in [0.5, 0.6) is 0 Å². The van der Waals surface area contributed by atoms with Gasteiger partial charge in [0.2, 0.25) is 15.9 Å². The number of nitrogens with zero attached hydrogens (tertiary/aromatic N) is 1. The van der Waals surface area contributed by atoms with Gasteiger partial charge in [0.05, 0.1) is 23.3 Å². The first-order chi connectivity index (χ1) is 11.6. The van der Waals surface area contributed by atoms with E-state index in [2.05, 4.69) is 5.32 Å². The van der Waals surface area contributed by atoms with Crippen LogP contribution in [0.3, 0.4) is 0 Å². The van der Waals surface area contributed by atoms with E-state index in [9.17, 15) is 18.0 Å². The molecule has 0 radical (unpaired) electrons. The number of aromatic carboxylic acids is 1. The van der Waals surface area contributed by atoms with Crippen LogP contribution < -0.4 is 5.32 Å². The Balaban J connectivity index is 2.32. The van der Waals surface area contributed by atoms with Crippen molar-refractivity contribution in [2.45, 2.75) is 24.8 Å². The number of benzene rings is 1. The second kappa shape index (κ2) is 7.69. The first-order valence-corrected chi connectivity index (χ1v) is 9.34. The maximum atomic E-state index is 12.9. The number of carbonyl (C=O) groups is 2. The van der Waals surface area contributed by atoms with Crippen molar-refractivity contribution in [1.82, 2.24) is 9.62 Å². The Labute approximate surface area is 150 Å². The van der Waals surface area contributed by atoms with Crippen molar-refractivity contribution < 1.29 is 27.9 Å². The molecule has 0 spiro atoms. The first-order valence-electron chi connectivity index (χ1n) is 7.52. The first kappa shape index (κ1) is 19.6. The summed E-state index contributed by atoms with van der Waals surface area (Å²) in [4.78, 5) is 22.0. The van der Waals surface area contributed by atoms with Crippen LogP contribution >= 0.6 is 11.6 Å². The maximum Gasteiger partial charge on any atom is 0.335 e. The van der Waals surface area contributed by atoms with Crippen LogP contribution in [-0.2, 0) is 19.6 Å². The number of ether oxygens (including phenoxy) is 1. The highest BCUT2D eigenvalue weighted by molar-refractivity contribution is 7.89. The average molecular weight is 391 g/mol. The van der Waals surface area contributed by atoms with Crippen molar-refractivity contribution in [3.8, 4) is 0 Å². The lowest BCUT2D eigenvalue weighted by Crippen LogP contribution is -2.49. The summed E-state index contributed by atoms with van der Waals surface area (Å²) in [5.74, 6) is -1.47. The van der Waals surface area contributed by atoms with Gasteiger partial charge in [-0.3, -0.25) is 4.79 Å². The zero-order valence-corrected chi connectivity index (χ0v) is 15.4. The van der Waals surface area contributed by atoms with Crippen LogP contribution in [0.4, 0.5) is 0 Å². The van der Waals surface area contributed by atoms with Crippen LogP contribution in [0.2, 0.25) is 5.02 Å². The molecule has 1 fully saturated rings. The summed E-state index contributed by atoms with van der Waals surface area (Å²) in [6.45, 7) is 3.41. The molecule has 1 saturated heterocycles. The molecule has 1 aromatic carbocycles. The van der Waals surface area contributed by atoms with Gasteiger partial charge in [0.25, 0.3) is 0 Å². The number of aryl methyl sites for hydroxylation is 1. The van der Waals surface area contributed by atoms with Crippen LogP contribution in [-0.4, -0.2) is 62.1 Å². The predicted molar refractivity (Wildman–Crippen MR) is 90.3 cm³/mol. The fourth-order valence-corrected chi connectivity index (χ4v) is 4.50. The Hall–Kier alpha value is -1.68. The third-order valence-corrected chi connectivity index (χ3v) is 6.27. The van der Waals surface area contributed by atoms with Gasteiger partial charge in [0.15, 0.2) is 0 Å². The van der Waals surface area contributed by atoms with Crippen molar-refractivity contribution in [3.63, 3.8) is 0 Å². The Morgan fingerprint density at radius 2 is 2.12 bits per heavy atom. The van der Waals surface area contributed by atoms with Gasteiger partial charge < -0.3 is 15.2 Å². The molecule has 2 rings (SSSR count). The number of hydrogen-bond donors (Lipinski definition) is 2. The molecular weight excluding hydrogens is 372 g/mol. The maximum absolute atomic E-state index is 12.9. The monoisotopic (exact) mass is 390 g/mol. The van der Waals surface area contributed by atoms with Gasteiger partial charge in [0.1, 0.15) is 4.90 Å². The van der Waals surface area contributed by atoms with Crippen molar-refractivity contribution in [3.05, 3.63) is 28.3 Å². The molecule has 0 bridgehead atoms. The minimum atomic E-state index is -4.00. The summed E-state index contributed by atoms with van der Waals surface area (Å²) in [6, 6.07) is 2.38. The van der Waals surface area contributed by atoms with Gasteiger partial charge in [-0.15, -0.1) is 0 Å². The molecule has 2 N–H and O–H groups in total.